The van der Waals surface area contributed by atoms with Crippen molar-refractivity contribution in [1.82, 2.24) is 0 Å². The van der Waals surface area contributed by atoms with Crippen LogP contribution in [0.3, 0.4) is 0 Å². The minimum absolute atomic E-state index is 0.0955. The van der Waals surface area contributed by atoms with E-state index < -0.39 is 0 Å². The summed E-state index contributed by atoms with van der Waals surface area (Å²) in [5, 5.41) is 0. The van der Waals surface area contributed by atoms with E-state index in [2.05, 4.69) is 13.8 Å². The van der Waals surface area contributed by atoms with Gasteiger partial charge in [0.15, 0.2) is 0 Å². The minimum atomic E-state index is -0.0955. The highest BCUT2D eigenvalue weighted by Gasteiger charge is 2.27. The molecule has 1 heterocycles. The third kappa shape index (κ3) is 3.63. The highest BCUT2D eigenvalue weighted by molar-refractivity contribution is 4.80. The van der Waals surface area contributed by atoms with Crippen LogP contribution in [0.25, 0.3) is 0 Å². The predicted molar refractivity (Wildman–Crippen MR) is 52.7 cm³/mol. The molecule has 1 aliphatic rings. The molecule has 1 saturated heterocycles. The van der Waals surface area contributed by atoms with E-state index in [4.69, 9.17) is 15.2 Å². The van der Waals surface area contributed by atoms with Crippen molar-refractivity contribution in [3.63, 3.8) is 0 Å². The van der Waals surface area contributed by atoms with Gasteiger partial charge in [-0.05, 0) is 26.7 Å². The van der Waals surface area contributed by atoms with Crippen molar-refractivity contribution < 1.29 is 9.47 Å². The number of rotatable bonds is 3. The van der Waals surface area contributed by atoms with Crippen molar-refractivity contribution in [3.8, 4) is 0 Å². The molecule has 2 N–H and O–H groups in total. The van der Waals surface area contributed by atoms with Gasteiger partial charge in [0.2, 0.25) is 0 Å². The topological polar surface area (TPSA) is 44.5 Å². The standard InChI is InChI=1S/C10H21NO2/c1-10(2,12-3)7-9-6-8(11)4-5-13-9/h8-9H,4-7,11H2,1-3H3. The Kier molecular flexibility index (Phi) is 3.71. The van der Waals surface area contributed by atoms with Gasteiger partial charge in [0.05, 0.1) is 11.7 Å². The van der Waals surface area contributed by atoms with Crippen LogP contribution in [0, 0.1) is 0 Å². The summed E-state index contributed by atoms with van der Waals surface area (Å²) in [4.78, 5) is 0. The van der Waals surface area contributed by atoms with E-state index in [1.165, 1.54) is 0 Å². The van der Waals surface area contributed by atoms with Crippen molar-refractivity contribution in [1.29, 1.82) is 0 Å². The van der Waals surface area contributed by atoms with Crippen molar-refractivity contribution in [3.05, 3.63) is 0 Å². The summed E-state index contributed by atoms with van der Waals surface area (Å²) in [7, 11) is 1.74. The minimum Gasteiger partial charge on any atom is -0.379 e. The van der Waals surface area contributed by atoms with E-state index >= 15 is 0 Å². The number of ether oxygens (including phenoxy) is 2. The molecule has 78 valence electrons. The lowest BCUT2D eigenvalue weighted by atomic mass is 9.94. The second kappa shape index (κ2) is 4.40. The summed E-state index contributed by atoms with van der Waals surface area (Å²) in [5.41, 5.74) is 5.77. The maximum absolute atomic E-state index is 5.86. The summed E-state index contributed by atoms with van der Waals surface area (Å²) < 4.78 is 11.0. The molecule has 0 aliphatic carbocycles. The normalized spacial score (nSPS) is 30.5. The molecule has 2 atom stereocenters. The number of nitrogens with two attached hydrogens (primary N) is 1. The van der Waals surface area contributed by atoms with Crippen LogP contribution in [0.4, 0.5) is 0 Å². The highest BCUT2D eigenvalue weighted by Crippen LogP contribution is 2.23. The maximum Gasteiger partial charge on any atom is 0.0647 e. The van der Waals surface area contributed by atoms with Gasteiger partial charge in [0.1, 0.15) is 0 Å². The van der Waals surface area contributed by atoms with Crippen LogP contribution in [0.5, 0.6) is 0 Å². The van der Waals surface area contributed by atoms with Gasteiger partial charge in [-0.2, -0.15) is 0 Å². The Morgan fingerprint density at radius 3 is 2.77 bits per heavy atom. The first-order chi connectivity index (χ1) is 6.03. The average Bonchev–Trinajstić information content (AvgIpc) is 2.03. The molecule has 0 aromatic heterocycles. The van der Waals surface area contributed by atoms with Crippen molar-refractivity contribution in [2.45, 2.75) is 50.9 Å². The van der Waals surface area contributed by atoms with Crippen LogP contribution in [-0.2, 0) is 9.47 Å². The van der Waals surface area contributed by atoms with Crippen LogP contribution in [0.15, 0.2) is 0 Å². The summed E-state index contributed by atoms with van der Waals surface area (Å²) >= 11 is 0. The van der Waals surface area contributed by atoms with Gasteiger partial charge in [-0.3, -0.25) is 0 Å². The van der Waals surface area contributed by atoms with Crippen LogP contribution in [0.2, 0.25) is 0 Å². The summed E-state index contributed by atoms with van der Waals surface area (Å²) in [6.07, 6.45) is 3.16. The molecule has 0 bridgehead atoms. The third-order valence-corrected chi connectivity index (χ3v) is 2.68. The van der Waals surface area contributed by atoms with Crippen molar-refractivity contribution in [2.75, 3.05) is 13.7 Å². The van der Waals surface area contributed by atoms with Crippen LogP contribution >= 0.6 is 0 Å². The van der Waals surface area contributed by atoms with Crippen LogP contribution in [0.1, 0.15) is 33.1 Å². The van der Waals surface area contributed by atoms with Crippen LogP contribution < -0.4 is 5.73 Å². The largest absolute Gasteiger partial charge is 0.379 e. The van der Waals surface area contributed by atoms with Gasteiger partial charge in [-0.1, -0.05) is 0 Å². The molecule has 0 spiro atoms. The van der Waals surface area contributed by atoms with E-state index in [-0.39, 0.29) is 11.7 Å². The molecule has 3 heteroatoms. The first kappa shape index (κ1) is 11.0. The Balaban J connectivity index is 2.35. The van der Waals surface area contributed by atoms with E-state index in [0.717, 1.165) is 25.9 Å². The van der Waals surface area contributed by atoms with Gasteiger partial charge in [-0.25, -0.2) is 0 Å². The molecule has 0 aromatic carbocycles. The molecule has 0 amide bonds. The van der Waals surface area contributed by atoms with Crippen LogP contribution in [-0.4, -0.2) is 31.5 Å². The van der Waals surface area contributed by atoms with Gasteiger partial charge in [-0.15, -0.1) is 0 Å². The second-order valence-corrected chi connectivity index (χ2v) is 4.45. The Bertz CT molecular complexity index is 159. The average molecular weight is 187 g/mol. The summed E-state index contributed by atoms with van der Waals surface area (Å²) in [6, 6.07) is 0.311. The quantitative estimate of drug-likeness (QED) is 0.724. The zero-order valence-corrected chi connectivity index (χ0v) is 8.88. The number of methoxy groups -OCH3 is 1. The highest BCUT2D eigenvalue weighted by atomic mass is 16.5. The molecule has 0 saturated carbocycles. The van der Waals surface area contributed by atoms with Crippen molar-refractivity contribution >= 4 is 0 Å². The van der Waals surface area contributed by atoms with Gasteiger partial charge >= 0.3 is 0 Å². The fourth-order valence-corrected chi connectivity index (χ4v) is 1.68. The lowest BCUT2D eigenvalue weighted by molar-refractivity contribution is -0.0628. The molecule has 0 aromatic rings. The second-order valence-electron chi connectivity index (χ2n) is 4.45. The summed E-state index contributed by atoms with van der Waals surface area (Å²) in [6.45, 7) is 4.96. The first-order valence-electron chi connectivity index (χ1n) is 4.96. The fraction of sp³-hybridized carbons (Fsp3) is 1.00. The Morgan fingerprint density at radius 2 is 2.23 bits per heavy atom. The molecule has 3 nitrogen and oxygen atoms in total. The third-order valence-electron chi connectivity index (χ3n) is 2.68. The maximum atomic E-state index is 5.86. The molecular formula is C10H21NO2. The SMILES string of the molecule is COC(C)(C)CC1CC(N)CCO1. The zero-order chi connectivity index (χ0) is 9.90. The van der Waals surface area contributed by atoms with E-state index in [0.29, 0.717) is 6.04 Å². The molecule has 0 radical (unpaired) electrons. The lowest BCUT2D eigenvalue weighted by Crippen LogP contribution is -2.39. The Morgan fingerprint density at radius 1 is 1.54 bits per heavy atom. The molecular weight excluding hydrogens is 166 g/mol. The van der Waals surface area contributed by atoms with E-state index in [9.17, 15) is 0 Å². The van der Waals surface area contributed by atoms with E-state index in [1.807, 2.05) is 0 Å². The number of hydrogen-bond acceptors (Lipinski definition) is 3. The van der Waals surface area contributed by atoms with Crippen molar-refractivity contribution in [2.24, 2.45) is 5.73 Å². The zero-order valence-electron chi connectivity index (χ0n) is 8.88. The fourth-order valence-electron chi connectivity index (χ4n) is 1.68. The Hall–Kier alpha value is -0.120. The van der Waals surface area contributed by atoms with Gasteiger partial charge in [0.25, 0.3) is 0 Å². The first-order valence-corrected chi connectivity index (χ1v) is 4.96. The lowest BCUT2D eigenvalue weighted by Gasteiger charge is -2.33. The molecule has 13 heavy (non-hydrogen) atoms. The van der Waals surface area contributed by atoms with E-state index in [1.54, 1.807) is 7.11 Å². The molecule has 1 aliphatic heterocycles. The molecule has 1 fully saturated rings. The smallest absolute Gasteiger partial charge is 0.0647 e. The van der Waals surface area contributed by atoms with Gasteiger partial charge in [0, 0.05) is 26.2 Å². The molecule has 1 rings (SSSR count). The monoisotopic (exact) mass is 187 g/mol. The number of hydrogen-bond donors (Lipinski definition) is 1. The van der Waals surface area contributed by atoms with Gasteiger partial charge < -0.3 is 15.2 Å². The Labute approximate surface area is 80.6 Å². The molecule has 2 unspecified atom stereocenters. The summed E-state index contributed by atoms with van der Waals surface area (Å²) in [5.74, 6) is 0. The predicted octanol–water partition coefficient (Wildman–Crippen LogP) is 1.31.